The molecule has 0 fully saturated rings. The van der Waals surface area contributed by atoms with Gasteiger partial charge in [0.25, 0.3) is 0 Å². The second-order valence-corrected chi connectivity index (χ2v) is 8.40. The number of rotatable bonds is 12. The van der Waals surface area contributed by atoms with E-state index in [9.17, 15) is 4.79 Å². The van der Waals surface area contributed by atoms with Crippen molar-refractivity contribution >= 4 is 70.4 Å². The van der Waals surface area contributed by atoms with Crippen molar-refractivity contribution in [1.29, 1.82) is 0 Å². The number of unbranched alkanes of at least 4 members (excludes halogenated alkanes) is 5. The number of carbonyl (C=O) groups is 1. The molecule has 0 saturated carbocycles. The molecule has 0 heterocycles. The highest BCUT2D eigenvalue weighted by molar-refractivity contribution is 7.80. The van der Waals surface area contributed by atoms with Gasteiger partial charge in [0.15, 0.2) is 5.11 Å². The summed E-state index contributed by atoms with van der Waals surface area (Å²) in [5.74, 6) is 0.621. The molecule has 172 valence electrons. The summed E-state index contributed by atoms with van der Waals surface area (Å²) in [7, 11) is 0. The summed E-state index contributed by atoms with van der Waals surface area (Å²) in [5, 5.41) is 10.5. The number of nitrogens with zero attached hydrogens (tertiary/aromatic N) is 1. The van der Waals surface area contributed by atoms with Gasteiger partial charge in [0.2, 0.25) is 0 Å². The molecule has 0 saturated heterocycles. The highest BCUT2D eigenvalue weighted by atomic mass is 35.5. The zero-order valence-corrected chi connectivity index (χ0v) is 20.7. The van der Waals surface area contributed by atoms with Crippen LogP contribution < -0.4 is 20.7 Å². The number of benzene rings is 2. The third kappa shape index (κ3) is 10.1. The fourth-order valence-corrected chi connectivity index (χ4v) is 3.46. The summed E-state index contributed by atoms with van der Waals surface area (Å²) in [5.41, 5.74) is 1.38. The van der Waals surface area contributed by atoms with E-state index in [0.29, 0.717) is 33.2 Å². The molecular weight excluding hydrogens is 487 g/mol. The third-order valence-electron chi connectivity index (χ3n) is 4.50. The number of carbonyl (C=O) groups excluding carboxylic acids is 1. The van der Waals surface area contributed by atoms with Gasteiger partial charge in [0.1, 0.15) is 5.75 Å². The lowest BCUT2D eigenvalue weighted by Gasteiger charge is -2.11. The van der Waals surface area contributed by atoms with Crippen LogP contribution in [-0.4, -0.2) is 24.3 Å². The zero-order valence-electron chi connectivity index (χ0n) is 17.5. The molecule has 10 heteroatoms. The Morgan fingerprint density at radius 2 is 1.66 bits per heavy atom. The van der Waals surface area contributed by atoms with Gasteiger partial charge in [-0.15, -0.1) is 4.36 Å². The lowest BCUT2D eigenvalue weighted by molar-refractivity contribution is 0.259. The van der Waals surface area contributed by atoms with Gasteiger partial charge in [-0.3, -0.25) is 0 Å². The molecule has 0 aliphatic carbocycles. The van der Waals surface area contributed by atoms with Crippen LogP contribution in [0.15, 0.2) is 46.8 Å². The van der Waals surface area contributed by atoms with E-state index in [-0.39, 0.29) is 0 Å². The fourth-order valence-electron chi connectivity index (χ4n) is 2.90. The van der Waals surface area contributed by atoms with Crippen LogP contribution >= 0.6 is 35.4 Å². The Hall–Kier alpha value is -2.00. The first kappa shape index (κ1) is 26.3. The molecule has 2 aromatic rings. The number of hydrogen-bond acceptors (Lipinski definition) is 4. The number of amides is 2. The minimum Gasteiger partial charge on any atom is -0.491 e. The van der Waals surface area contributed by atoms with Gasteiger partial charge in [0, 0.05) is 24.7 Å². The van der Waals surface area contributed by atoms with Crippen molar-refractivity contribution in [3.8, 4) is 5.75 Å². The first-order valence-electron chi connectivity index (χ1n) is 10.4. The van der Waals surface area contributed by atoms with Gasteiger partial charge in [-0.05, 0) is 55.4 Å². The molecule has 0 bridgehead atoms. The summed E-state index contributed by atoms with van der Waals surface area (Å²) in [4.78, 5) is 11.3. The van der Waals surface area contributed by atoms with Crippen molar-refractivity contribution in [2.24, 2.45) is 4.36 Å². The molecule has 6 nitrogen and oxygen atoms in total. The number of thiocarbonyl (C=S) groups is 1. The smallest absolute Gasteiger partial charge is 0.356 e. The quantitative estimate of drug-likeness (QED) is 0.210. The standard InChI is InChI=1S/C22H26Cl2N4O2S2/c23-17-12-11-16(15-18(17)24)26-22(31)25-13-7-3-1-2-4-8-14-30-20-10-6-5-9-19(20)27-21(29)28-32/h5-6,9-12,15H,1-4,7-8,13-14H2,(H,27,29)(H2,25,26,31). The maximum atomic E-state index is 11.3. The Morgan fingerprint density at radius 3 is 2.41 bits per heavy atom. The number of urea groups is 1. The predicted octanol–water partition coefficient (Wildman–Crippen LogP) is 6.96. The SMILES string of the molecule is O=C(N=S)Nc1ccccc1OCCCCCCCCNC(=S)Nc1ccc(Cl)c(Cl)c1. The van der Waals surface area contributed by atoms with Crippen molar-refractivity contribution < 1.29 is 9.53 Å². The van der Waals surface area contributed by atoms with E-state index in [0.717, 1.165) is 50.8 Å². The van der Waals surface area contributed by atoms with Gasteiger partial charge in [-0.2, -0.15) is 0 Å². The lowest BCUT2D eigenvalue weighted by atomic mass is 10.1. The van der Waals surface area contributed by atoms with Gasteiger partial charge >= 0.3 is 6.03 Å². The summed E-state index contributed by atoms with van der Waals surface area (Å²) >= 11 is 21.6. The minimum atomic E-state index is -0.573. The largest absolute Gasteiger partial charge is 0.491 e. The first-order valence-corrected chi connectivity index (χ1v) is 11.9. The van der Waals surface area contributed by atoms with E-state index < -0.39 is 6.03 Å². The van der Waals surface area contributed by atoms with E-state index >= 15 is 0 Å². The summed E-state index contributed by atoms with van der Waals surface area (Å²) < 4.78 is 8.94. The van der Waals surface area contributed by atoms with Crippen LogP contribution in [0.3, 0.4) is 0 Å². The van der Waals surface area contributed by atoms with Crippen molar-refractivity contribution in [2.45, 2.75) is 38.5 Å². The Kier molecular flexibility index (Phi) is 12.3. The molecule has 0 spiro atoms. The Balaban J connectivity index is 1.50. The van der Waals surface area contributed by atoms with E-state index in [1.165, 1.54) is 0 Å². The molecule has 0 atom stereocenters. The topological polar surface area (TPSA) is 74.8 Å². The molecular formula is C22H26Cl2N4O2S2. The lowest BCUT2D eigenvalue weighted by Crippen LogP contribution is -2.29. The van der Waals surface area contributed by atoms with Crippen LogP contribution in [0, 0.1) is 0 Å². The third-order valence-corrected chi connectivity index (χ3v) is 5.65. The minimum absolute atomic E-state index is 0.490. The van der Waals surface area contributed by atoms with E-state index in [1.54, 1.807) is 18.2 Å². The summed E-state index contributed by atoms with van der Waals surface area (Å²) in [6.07, 6.45) is 6.50. The highest BCUT2D eigenvalue weighted by Gasteiger charge is 2.06. The van der Waals surface area contributed by atoms with E-state index in [2.05, 4.69) is 32.7 Å². The molecule has 2 rings (SSSR count). The molecule has 0 radical (unpaired) electrons. The van der Waals surface area contributed by atoms with Crippen LogP contribution in [0.1, 0.15) is 38.5 Å². The molecule has 3 N–H and O–H groups in total. The van der Waals surface area contributed by atoms with Crippen molar-refractivity contribution in [3.63, 3.8) is 0 Å². The summed E-state index contributed by atoms with van der Waals surface area (Å²) in [6.45, 7) is 1.41. The number of halogens is 2. The Labute approximate surface area is 209 Å². The van der Waals surface area contributed by atoms with Gasteiger partial charge in [-0.25, -0.2) is 4.79 Å². The van der Waals surface area contributed by atoms with Crippen LogP contribution in [0.4, 0.5) is 16.2 Å². The summed E-state index contributed by atoms with van der Waals surface area (Å²) in [6, 6.07) is 12.0. The van der Waals surface area contributed by atoms with Crippen molar-refractivity contribution in [3.05, 3.63) is 52.5 Å². The van der Waals surface area contributed by atoms with Crippen molar-refractivity contribution in [2.75, 3.05) is 23.8 Å². The fraction of sp³-hybridized carbons (Fsp3) is 0.364. The second-order valence-electron chi connectivity index (χ2n) is 7.00. The molecule has 0 aliphatic heterocycles. The molecule has 0 aliphatic rings. The Morgan fingerprint density at radius 1 is 0.938 bits per heavy atom. The van der Waals surface area contributed by atoms with Gasteiger partial charge in [0.05, 0.1) is 22.3 Å². The first-order chi connectivity index (χ1) is 15.5. The normalized spacial score (nSPS) is 10.3. The number of para-hydroxylation sites is 2. The molecule has 32 heavy (non-hydrogen) atoms. The molecule has 0 aromatic heterocycles. The van der Waals surface area contributed by atoms with Gasteiger partial charge in [-0.1, -0.05) is 61.0 Å². The van der Waals surface area contributed by atoms with Gasteiger partial charge < -0.3 is 20.7 Å². The average Bonchev–Trinajstić information content (AvgIpc) is 2.78. The Bertz CT molecular complexity index is 915. The molecule has 2 amide bonds. The maximum absolute atomic E-state index is 11.3. The number of hydrogen-bond donors (Lipinski definition) is 3. The average molecular weight is 514 g/mol. The zero-order chi connectivity index (χ0) is 23.2. The molecule has 2 aromatic carbocycles. The van der Waals surface area contributed by atoms with E-state index in [4.69, 9.17) is 40.2 Å². The van der Waals surface area contributed by atoms with Crippen LogP contribution in [0.25, 0.3) is 0 Å². The number of anilines is 2. The van der Waals surface area contributed by atoms with Crippen molar-refractivity contribution in [1.82, 2.24) is 5.32 Å². The van der Waals surface area contributed by atoms with Crippen LogP contribution in [-0.2, 0) is 12.4 Å². The number of nitrogens with one attached hydrogen (secondary N) is 3. The number of ether oxygens (including phenoxy) is 1. The second kappa shape index (κ2) is 14.9. The van der Waals surface area contributed by atoms with E-state index in [1.807, 2.05) is 24.3 Å². The highest BCUT2D eigenvalue weighted by Crippen LogP contribution is 2.25. The monoisotopic (exact) mass is 512 g/mol. The predicted molar refractivity (Wildman–Crippen MR) is 139 cm³/mol. The van der Waals surface area contributed by atoms with Crippen LogP contribution in [0.2, 0.25) is 10.0 Å². The maximum Gasteiger partial charge on any atom is 0.356 e. The van der Waals surface area contributed by atoms with Crippen LogP contribution in [0.5, 0.6) is 5.75 Å². The molecule has 0 unspecified atom stereocenters.